The van der Waals surface area contributed by atoms with E-state index >= 15 is 0 Å². The van der Waals surface area contributed by atoms with Gasteiger partial charge in [-0.25, -0.2) is 4.68 Å². The lowest BCUT2D eigenvalue weighted by Gasteiger charge is -2.30. The van der Waals surface area contributed by atoms with Gasteiger partial charge in [0.15, 0.2) is 5.69 Å². The Bertz CT molecular complexity index is 1270. The molecule has 5 nitrogen and oxygen atoms in total. The first-order valence-electron chi connectivity index (χ1n) is 9.67. The van der Waals surface area contributed by atoms with Crippen molar-refractivity contribution in [1.82, 2.24) is 15.1 Å². The molecule has 172 valence electrons. The molecule has 0 saturated carbocycles. The lowest BCUT2D eigenvalue weighted by molar-refractivity contribution is -0.141. The van der Waals surface area contributed by atoms with Gasteiger partial charge in [-0.05, 0) is 36.2 Å². The average Bonchev–Trinajstić information content (AvgIpc) is 3.18. The highest BCUT2D eigenvalue weighted by Crippen LogP contribution is 2.40. The van der Waals surface area contributed by atoms with E-state index < -0.39 is 23.8 Å². The predicted octanol–water partition coefficient (Wildman–Crippen LogP) is 6.47. The Morgan fingerprint density at radius 1 is 1.09 bits per heavy atom. The molecule has 33 heavy (non-hydrogen) atoms. The SMILES string of the molecule is CC1=C(C(=O)NCc2ccccc2Cl)C(c2ccc(Cl)c(Cl)c2)n2nc(C(F)(F)F)cc2N1. The molecule has 0 fully saturated rings. The van der Waals surface area contributed by atoms with Crippen LogP contribution in [0.25, 0.3) is 0 Å². The zero-order valence-corrected chi connectivity index (χ0v) is 19.2. The van der Waals surface area contributed by atoms with E-state index in [4.69, 9.17) is 34.8 Å². The van der Waals surface area contributed by atoms with E-state index in [9.17, 15) is 18.0 Å². The lowest BCUT2D eigenvalue weighted by Crippen LogP contribution is -2.34. The number of benzene rings is 2. The number of halogens is 6. The number of amides is 1. The Morgan fingerprint density at radius 2 is 1.82 bits per heavy atom. The summed E-state index contributed by atoms with van der Waals surface area (Å²) >= 11 is 18.4. The van der Waals surface area contributed by atoms with E-state index in [-0.39, 0.29) is 28.0 Å². The normalized spacial score (nSPS) is 15.8. The molecule has 1 aliphatic heterocycles. The van der Waals surface area contributed by atoms with E-state index in [1.165, 1.54) is 12.1 Å². The van der Waals surface area contributed by atoms with Crippen molar-refractivity contribution in [3.63, 3.8) is 0 Å². The molecule has 0 radical (unpaired) electrons. The van der Waals surface area contributed by atoms with E-state index in [1.807, 2.05) is 0 Å². The van der Waals surface area contributed by atoms with Crippen LogP contribution in [0, 0.1) is 0 Å². The Labute approximate surface area is 202 Å². The molecule has 0 spiro atoms. The van der Waals surface area contributed by atoms with Gasteiger partial charge >= 0.3 is 6.18 Å². The number of hydrogen-bond acceptors (Lipinski definition) is 3. The maximum atomic E-state index is 13.4. The highest BCUT2D eigenvalue weighted by atomic mass is 35.5. The summed E-state index contributed by atoms with van der Waals surface area (Å²) in [4.78, 5) is 13.3. The second kappa shape index (κ2) is 8.93. The lowest BCUT2D eigenvalue weighted by atomic mass is 9.94. The minimum absolute atomic E-state index is 0.0959. The Hall–Kier alpha value is -2.68. The molecule has 1 aliphatic rings. The molecule has 2 aromatic carbocycles. The van der Waals surface area contributed by atoms with Gasteiger partial charge in [-0.3, -0.25) is 4.79 Å². The van der Waals surface area contributed by atoms with E-state index in [1.54, 1.807) is 37.3 Å². The fraction of sp³-hybridized carbons (Fsp3) is 0.182. The van der Waals surface area contributed by atoms with Crippen LogP contribution >= 0.6 is 34.8 Å². The van der Waals surface area contributed by atoms with Crippen molar-refractivity contribution in [3.8, 4) is 0 Å². The second-order valence-corrected chi connectivity index (χ2v) is 8.59. The molecule has 0 saturated heterocycles. The molecule has 11 heteroatoms. The van der Waals surface area contributed by atoms with Crippen LogP contribution < -0.4 is 10.6 Å². The van der Waals surface area contributed by atoms with Crippen molar-refractivity contribution in [3.05, 3.63) is 91.7 Å². The summed E-state index contributed by atoms with van der Waals surface area (Å²) in [5.41, 5.74) is 0.625. The number of hydrogen-bond donors (Lipinski definition) is 2. The third-order valence-electron chi connectivity index (χ3n) is 5.17. The molecule has 0 bridgehead atoms. The molecule has 1 unspecified atom stereocenters. The number of rotatable bonds is 4. The standard InChI is InChI=1S/C22H16Cl3F3N4O/c1-11-19(21(33)29-10-13-4-2-3-5-14(13)23)20(12-6-7-15(24)16(25)8-12)32-18(30-11)9-17(31-32)22(26,27)28/h2-9,20,30H,10H2,1H3,(H,29,33). The van der Waals surface area contributed by atoms with Crippen molar-refractivity contribution in [2.75, 3.05) is 5.32 Å². The number of carbonyl (C=O) groups is 1. The third kappa shape index (κ3) is 4.69. The van der Waals surface area contributed by atoms with Crippen molar-refractivity contribution in [1.29, 1.82) is 0 Å². The minimum atomic E-state index is -4.66. The molecule has 1 aromatic heterocycles. The summed E-state index contributed by atoms with van der Waals surface area (Å²) in [6.07, 6.45) is -4.66. The zero-order valence-electron chi connectivity index (χ0n) is 17.0. The highest BCUT2D eigenvalue weighted by molar-refractivity contribution is 6.42. The molecule has 1 atom stereocenters. The van der Waals surface area contributed by atoms with Crippen molar-refractivity contribution in [2.24, 2.45) is 0 Å². The van der Waals surface area contributed by atoms with E-state index in [0.29, 0.717) is 21.8 Å². The first kappa shape index (κ1) is 23.5. The van der Waals surface area contributed by atoms with Crippen LogP contribution in [0.5, 0.6) is 0 Å². The molecule has 0 aliphatic carbocycles. The molecule has 1 amide bonds. The van der Waals surface area contributed by atoms with E-state index in [0.717, 1.165) is 10.7 Å². The average molecular weight is 516 g/mol. The summed E-state index contributed by atoms with van der Waals surface area (Å²) in [6.45, 7) is 1.74. The van der Waals surface area contributed by atoms with Crippen molar-refractivity contribution in [2.45, 2.75) is 25.7 Å². The summed E-state index contributed by atoms with van der Waals surface area (Å²) in [6, 6.07) is 11.6. The van der Waals surface area contributed by atoms with Crippen LogP contribution in [0.15, 0.2) is 59.8 Å². The molecular weight excluding hydrogens is 500 g/mol. The monoisotopic (exact) mass is 514 g/mol. The summed E-state index contributed by atoms with van der Waals surface area (Å²) in [7, 11) is 0. The smallest absolute Gasteiger partial charge is 0.348 e. The molecule has 3 aromatic rings. The molecule has 4 rings (SSSR count). The van der Waals surface area contributed by atoms with Crippen LogP contribution in [0.4, 0.5) is 19.0 Å². The van der Waals surface area contributed by atoms with Gasteiger partial charge < -0.3 is 10.6 Å². The van der Waals surface area contributed by atoms with E-state index in [2.05, 4.69) is 15.7 Å². The maximum absolute atomic E-state index is 13.4. The van der Waals surface area contributed by atoms with Crippen LogP contribution in [0.2, 0.25) is 15.1 Å². The van der Waals surface area contributed by atoms with Crippen molar-refractivity contribution >= 4 is 46.5 Å². The Balaban J connectivity index is 1.76. The van der Waals surface area contributed by atoms with Gasteiger partial charge in [0.05, 0.1) is 15.6 Å². The van der Waals surface area contributed by atoms with Gasteiger partial charge in [-0.2, -0.15) is 18.3 Å². The number of allylic oxidation sites excluding steroid dienone is 1. The largest absolute Gasteiger partial charge is 0.435 e. The van der Waals surface area contributed by atoms with Crippen LogP contribution in [0.1, 0.15) is 29.8 Å². The quantitative estimate of drug-likeness (QED) is 0.419. The number of aromatic nitrogens is 2. The fourth-order valence-electron chi connectivity index (χ4n) is 3.61. The Kier molecular flexibility index (Phi) is 6.35. The van der Waals surface area contributed by atoms with Crippen LogP contribution in [-0.4, -0.2) is 15.7 Å². The van der Waals surface area contributed by atoms with Crippen LogP contribution in [-0.2, 0) is 17.5 Å². The van der Waals surface area contributed by atoms with Gasteiger partial charge in [0.2, 0.25) is 0 Å². The number of carbonyl (C=O) groups excluding carboxylic acids is 1. The maximum Gasteiger partial charge on any atom is 0.435 e. The van der Waals surface area contributed by atoms with Gasteiger partial charge in [-0.15, -0.1) is 0 Å². The highest BCUT2D eigenvalue weighted by Gasteiger charge is 2.39. The number of anilines is 1. The topological polar surface area (TPSA) is 59.0 Å². The first-order chi connectivity index (χ1) is 15.6. The van der Waals surface area contributed by atoms with Crippen molar-refractivity contribution < 1.29 is 18.0 Å². The molecular formula is C22H16Cl3F3N4O. The first-order valence-corrected chi connectivity index (χ1v) is 10.8. The third-order valence-corrected chi connectivity index (χ3v) is 6.27. The summed E-state index contributed by atoms with van der Waals surface area (Å²) < 4.78 is 41.2. The number of nitrogens with one attached hydrogen (secondary N) is 2. The van der Waals surface area contributed by atoms with Gasteiger partial charge in [0.25, 0.3) is 5.91 Å². The number of alkyl halides is 3. The molecule has 2 heterocycles. The predicted molar refractivity (Wildman–Crippen MR) is 121 cm³/mol. The Morgan fingerprint density at radius 3 is 2.48 bits per heavy atom. The number of nitrogens with zero attached hydrogens (tertiary/aromatic N) is 2. The van der Waals surface area contributed by atoms with Gasteiger partial charge in [0.1, 0.15) is 11.9 Å². The number of fused-ring (bicyclic) bond motifs is 1. The van der Waals surface area contributed by atoms with Crippen LogP contribution in [0.3, 0.4) is 0 Å². The summed E-state index contributed by atoms with van der Waals surface area (Å²) in [5.74, 6) is -0.399. The molecule has 2 N–H and O–H groups in total. The zero-order chi connectivity index (χ0) is 23.9. The summed E-state index contributed by atoms with van der Waals surface area (Å²) in [5, 5.41) is 10.3. The minimum Gasteiger partial charge on any atom is -0.348 e. The second-order valence-electron chi connectivity index (χ2n) is 7.37. The van der Waals surface area contributed by atoms with Gasteiger partial charge in [0, 0.05) is 23.3 Å². The van der Waals surface area contributed by atoms with Gasteiger partial charge in [-0.1, -0.05) is 59.1 Å². The fourth-order valence-corrected chi connectivity index (χ4v) is 4.12.